The van der Waals surface area contributed by atoms with Crippen LogP contribution in [-0.4, -0.2) is 17.7 Å². The van der Waals surface area contributed by atoms with Crippen molar-refractivity contribution < 1.29 is 4.79 Å². The molecule has 1 aliphatic heterocycles. The molecule has 3 nitrogen and oxygen atoms in total. The van der Waals surface area contributed by atoms with Crippen molar-refractivity contribution in [1.82, 2.24) is 0 Å². The van der Waals surface area contributed by atoms with Gasteiger partial charge in [0, 0.05) is 18.3 Å². The van der Waals surface area contributed by atoms with Crippen molar-refractivity contribution in [2.45, 2.75) is 19.8 Å². The zero-order chi connectivity index (χ0) is 11.8. The van der Waals surface area contributed by atoms with Crippen LogP contribution in [0, 0.1) is 11.8 Å². The molecule has 3 heteroatoms. The summed E-state index contributed by atoms with van der Waals surface area (Å²) in [6, 6.07) is 7.77. The molecule has 1 heterocycles. The average molecular weight is 226 g/mol. The van der Waals surface area contributed by atoms with E-state index in [9.17, 15) is 4.79 Å². The third-order valence-electron chi connectivity index (χ3n) is 3.32. The molecule has 0 bridgehead atoms. The summed E-state index contributed by atoms with van der Waals surface area (Å²) in [5.74, 6) is 0.453. The third kappa shape index (κ3) is 1.82. The van der Waals surface area contributed by atoms with Crippen LogP contribution in [0.1, 0.15) is 19.8 Å². The Kier molecular flexibility index (Phi) is 2.39. The molecule has 0 spiro atoms. The first kappa shape index (κ1) is 10.4. The van der Waals surface area contributed by atoms with E-state index in [1.807, 2.05) is 24.3 Å². The van der Waals surface area contributed by atoms with E-state index >= 15 is 0 Å². The molecule has 0 radical (unpaired) electrons. The first-order chi connectivity index (χ1) is 8.24. The van der Waals surface area contributed by atoms with E-state index in [0.717, 1.165) is 23.5 Å². The van der Waals surface area contributed by atoms with Gasteiger partial charge in [-0.1, -0.05) is 19.1 Å². The fourth-order valence-electron chi connectivity index (χ4n) is 2.47. The summed E-state index contributed by atoms with van der Waals surface area (Å²) in [4.78, 5) is 21.0. The van der Waals surface area contributed by atoms with Crippen LogP contribution in [0.4, 0.5) is 11.4 Å². The Balaban J connectivity index is 2.10. The molecule has 2 aliphatic rings. The number of para-hydroxylation sites is 2. The molecule has 86 valence electrons. The second-order valence-electron chi connectivity index (χ2n) is 4.83. The molecule has 1 saturated carbocycles. The molecule has 2 unspecified atom stereocenters. The fraction of sp³-hybridized carbons (Fsp3) is 0.357. The minimum absolute atomic E-state index is 0.196. The minimum atomic E-state index is -0.196. The van der Waals surface area contributed by atoms with Gasteiger partial charge in [0.25, 0.3) is 0 Å². The maximum atomic E-state index is 12.0. The van der Waals surface area contributed by atoms with Crippen LogP contribution in [0.5, 0.6) is 0 Å². The number of nitrogens with zero attached hydrogens (tertiary/aromatic N) is 2. The Morgan fingerprint density at radius 1 is 1.18 bits per heavy atom. The van der Waals surface area contributed by atoms with E-state index in [2.05, 4.69) is 16.9 Å². The van der Waals surface area contributed by atoms with Crippen LogP contribution in [0.2, 0.25) is 0 Å². The van der Waals surface area contributed by atoms with E-state index in [4.69, 9.17) is 0 Å². The van der Waals surface area contributed by atoms with Crippen molar-refractivity contribution in [3.8, 4) is 0 Å². The largest absolute Gasteiger partial charge is 0.299 e. The highest BCUT2D eigenvalue weighted by atomic mass is 16.1. The SMILES string of the molecule is CC1CC(=O)C2C=Nc3ccccc3N=C2C1. The monoisotopic (exact) mass is 226 g/mol. The first-order valence-electron chi connectivity index (χ1n) is 5.97. The van der Waals surface area contributed by atoms with E-state index < -0.39 is 0 Å². The molecule has 0 aromatic heterocycles. The van der Waals surface area contributed by atoms with Gasteiger partial charge in [0.1, 0.15) is 5.78 Å². The van der Waals surface area contributed by atoms with Crippen LogP contribution in [0.3, 0.4) is 0 Å². The lowest BCUT2D eigenvalue weighted by Crippen LogP contribution is -2.33. The second-order valence-corrected chi connectivity index (χ2v) is 4.83. The second kappa shape index (κ2) is 3.91. The standard InChI is InChI=1S/C14H14N2O/c1-9-6-13-10(14(17)7-9)8-15-11-4-2-3-5-12(11)16-13/h2-5,8-10H,6-7H2,1H3. The molecule has 17 heavy (non-hydrogen) atoms. The molecule has 0 N–H and O–H groups in total. The Hall–Kier alpha value is -1.77. The number of rotatable bonds is 0. The van der Waals surface area contributed by atoms with Crippen LogP contribution in [0.15, 0.2) is 34.3 Å². The number of Topliss-reactive ketones (excluding diaryl/α,β-unsaturated/α-hetero) is 1. The summed E-state index contributed by atoms with van der Waals surface area (Å²) >= 11 is 0. The lowest BCUT2D eigenvalue weighted by Gasteiger charge is -2.23. The number of benzene rings is 1. The van der Waals surface area contributed by atoms with Gasteiger partial charge in [0.15, 0.2) is 0 Å². The van der Waals surface area contributed by atoms with Gasteiger partial charge in [-0.2, -0.15) is 0 Å². The van der Waals surface area contributed by atoms with Gasteiger partial charge in [-0.05, 0) is 24.5 Å². The van der Waals surface area contributed by atoms with Crippen LogP contribution >= 0.6 is 0 Å². The Labute approximate surface area is 100 Å². The van der Waals surface area contributed by atoms with Crippen LogP contribution in [-0.2, 0) is 4.79 Å². The zero-order valence-electron chi connectivity index (χ0n) is 9.76. The van der Waals surface area contributed by atoms with Crippen LogP contribution < -0.4 is 0 Å². The summed E-state index contributed by atoms with van der Waals surface area (Å²) in [6.07, 6.45) is 3.31. The molecule has 0 amide bonds. The van der Waals surface area contributed by atoms with E-state index in [0.29, 0.717) is 12.3 Å². The van der Waals surface area contributed by atoms with E-state index in [1.54, 1.807) is 6.21 Å². The summed E-state index contributed by atoms with van der Waals surface area (Å²) in [7, 11) is 0. The molecule has 1 aromatic rings. The summed E-state index contributed by atoms with van der Waals surface area (Å²) < 4.78 is 0. The van der Waals surface area contributed by atoms with E-state index in [-0.39, 0.29) is 11.7 Å². The van der Waals surface area contributed by atoms with Gasteiger partial charge in [0.05, 0.1) is 17.3 Å². The minimum Gasteiger partial charge on any atom is -0.299 e. The number of ketones is 1. The molecule has 3 rings (SSSR count). The third-order valence-corrected chi connectivity index (χ3v) is 3.32. The van der Waals surface area contributed by atoms with Crippen molar-refractivity contribution in [2.75, 3.05) is 0 Å². The lowest BCUT2D eigenvalue weighted by molar-refractivity contribution is -0.120. The Morgan fingerprint density at radius 3 is 2.76 bits per heavy atom. The molecular weight excluding hydrogens is 212 g/mol. The highest BCUT2D eigenvalue weighted by Crippen LogP contribution is 2.33. The fourth-order valence-corrected chi connectivity index (χ4v) is 2.47. The highest BCUT2D eigenvalue weighted by molar-refractivity contribution is 6.19. The number of aliphatic imine (C=N–C) groups is 2. The quantitative estimate of drug-likeness (QED) is 0.670. The van der Waals surface area contributed by atoms with Gasteiger partial charge < -0.3 is 0 Å². The molecule has 1 aliphatic carbocycles. The molecule has 0 saturated heterocycles. The van der Waals surface area contributed by atoms with Gasteiger partial charge in [-0.25, -0.2) is 0 Å². The average Bonchev–Trinajstić information content (AvgIpc) is 2.47. The maximum absolute atomic E-state index is 12.0. The Bertz CT molecular complexity index is 531. The van der Waals surface area contributed by atoms with Crippen molar-refractivity contribution in [2.24, 2.45) is 21.8 Å². The van der Waals surface area contributed by atoms with Crippen molar-refractivity contribution in [3.05, 3.63) is 24.3 Å². The zero-order valence-corrected chi connectivity index (χ0v) is 9.76. The molecule has 1 fully saturated rings. The predicted molar refractivity (Wildman–Crippen MR) is 68.6 cm³/mol. The van der Waals surface area contributed by atoms with Crippen LogP contribution in [0.25, 0.3) is 0 Å². The highest BCUT2D eigenvalue weighted by Gasteiger charge is 2.31. The summed E-state index contributed by atoms with van der Waals surface area (Å²) in [5.41, 5.74) is 2.71. The lowest BCUT2D eigenvalue weighted by atomic mass is 9.81. The maximum Gasteiger partial charge on any atom is 0.147 e. The smallest absolute Gasteiger partial charge is 0.147 e. The predicted octanol–water partition coefficient (Wildman–Crippen LogP) is 3.09. The van der Waals surface area contributed by atoms with Crippen molar-refractivity contribution in [3.63, 3.8) is 0 Å². The number of carbonyl (C=O) groups excluding carboxylic acids is 1. The summed E-state index contributed by atoms with van der Waals surface area (Å²) in [5, 5.41) is 0. The van der Waals surface area contributed by atoms with Gasteiger partial charge in [-0.3, -0.25) is 14.8 Å². The Morgan fingerprint density at radius 2 is 1.94 bits per heavy atom. The summed E-state index contributed by atoms with van der Waals surface area (Å²) in [6.45, 7) is 2.10. The van der Waals surface area contributed by atoms with Gasteiger partial charge >= 0.3 is 0 Å². The number of hydrogen-bond acceptors (Lipinski definition) is 3. The molecular formula is C14H14N2O. The van der Waals surface area contributed by atoms with Crippen molar-refractivity contribution in [1.29, 1.82) is 0 Å². The molecule has 2 atom stereocenters. The number of hydrogen-bond donors (Lipinski definition) is 0. The number of fused-ring (bicyclic) bond motifs is 2. The van der Waals surface area contributed by atoms with Gasteiger partial charge in [0.2, 0.25) is 0 Å². The van der Waals surface area contributed by atoms with Crippen molar-refractivity contribution >= 4 is 29.1 Å². The first-order valence-corrected chi connectivity index (χ1v) is 5.97. The normalized spacial score (nSPS) is 26.9. The van der Waals surface area contributed by atoms with Gasteiger partial charge in [-0.15, -0.1) is 0 Å². The topological polar surface area (TPSA) is 41.8 Å². The molecule has 1 aromatic carbocycles. The number of carbonyl (C=O) groups is 1. The van der Waals surface area contributed by atoms with E-state index in [1.165, 1.54) is 0 Å².